The second-order valence-electron chi connectivity index (χ2n) is 3.36. The first-order chi connectivity index (χ1) is 8.27. The number of hydrogen-bond donors (Lipinski definition) is 3. The van der Waals surface area contributed by atoms with Gasteiger partial charge in [0, 0.05) is 19.2 Å². The first-order valence-electron chi connectivity index (χ1n) is 5.47. The average Bonchev–Trinajstić information content (AvgIpc) is 2.34. The summed E-state index contributed by atoms with van der Waals surface area (Å²) in [5.41, 5.74) is 5.80. The number of nitrogens with one attached hydrogen (secondary N) is 1. The van der Waals surface area contributed by atoms with E-state index in [1.54, 1.807) is 6.20 Å². The molecule has 7 heteroatoms. The van der Waals surface area contributed by atoms with Crippen molar-refractivity contribution in [3.63, 3.8) is 0 Å². The molecule has 7 nitrogen and oxygen atoms in total. The van der Waals surface area contributed by atoms with Gasteiger partial charge in [0.05, 0.1) is 38.2 Å². The number of nitrogens with zero attached hydrogens (tertiary/aromatic N) is 2. The van der Waals surface area contributed by atoms with Gasteiger partial charge < -0.3 is 20.9 Å². The van der Waals surface area contributed by atoms with Gasteiger partial charge in [0.2, 0.25) is 0 Å². The molecule has 0 aliphatic heterocycles. The van der Waals surface area contributed by atoms with Crippen LogP contribution in [-0.4, -0.2) is 47.8 Å². The molecular weight excluding hydrogens is 224 g/mol. The maximum Gasteiger partial charge on any atom is 0.268 e. The van der Waals surface area contributed by atoms with Crippen molar-refractivity contribution in [3.8, 4) is 0 Å². The highest BCUT2D eigenvalue weighted by atomic mass is 16.5. The number of rotatable bonds is 8. The Morgan fingerprint density at radius 2 is 2.35 bits per heavy atom. The van der Waals surface area contributed by atoms with Gasteiger partial charge in [-0.1, -0.05) is 0 Å². The molecular formula is C10H18N4O3. The summed E-state index contributed by atoms with van der Waals surface area (Å²) in [6.07, 6.45) is 1.57. The quantitative estimate of drug-likeness (QED) is 0.486. The van der Waals surface area contributed by atoms with Crippen molar-refractivity contribution < 1.29 is 9.84 Å². The molecule has 1 aromatic heterocycles. The zero-order valence-electron chi connectivity index (χ0n) is 9.63. The highest BCUT2D eigenvalue weighted by molar-refractivity contribution is 5.38. The van der Waals surface area contributed by atoms with Gasteiger partial charge in [0.1, 0.15) is 0 Å². The number of anilines is 1. The number of aromatic nitrogens is 2. The first-order valence-corrected chi connectivity index (χ1v) is 5.47. The fourth-order valence-electron chi connectivity index (χ4n) is 1.23. The molecule has 0 saturated carbocycles. The second-order valence-corrected chi connectivity index (χ2v) is 3.36. The van der Waals surface area contributed by atoms with Crippen LogP contribution in [0.4, 0.5) is 5.69 Å². The standard InChI is InChI=1S/C10H18N4O3/c11-1-2-12-9-7-10(16)14(13-8-9)3-5-17-6-4-15/h7-8,12,15H,1-6,11H2. The van der Waals surface area contributed by atoms with E-state index in [9.17, 15) is 4.79 Å². The molecule has 0 atom stereocenters. The van der Waals surface area contributed by atoms with Crippen LogP contribution in [0.1, 0.15) is 0 Å². The molecule has 4 N–H and O–H groups in total. The van der Waals surface area contributed by atoms with Gasteiger partial charge in [-0.25, -0.2) is 4.68 Å². The zero-order chi connectivity index (χ0) is 12.5. The Bertz CT molecular complexity index is 380. The molecule has 17 heavy (non-hydrogen) atoms. The summed E-state index contributed by atoms with van der Waals surface area (Å²) in [7, 11) is 0. The van der Waals surface area contributed by atoms with Gasteiger partial charge in [0.15, 0.2) is 0 Å². The van der Waals surface area contributed by atoms with Crippen molar-refractivity contribution in [1.29, 1.82) is 0 Å². The number of hydrogen-bond acceptors (Lipinski definition) is 6. The molecule has 0 spiro atoms. The minimum atomic E-state index is -0.195. The van der Waals surface area contributed by atoms with E-state index in [1.165, 1.54) is 10.7 Å². The summed E-state index contributed by atoms with van der Waals surface area (Å²) in [5, 5.41) is 15.5. The Morgan fingerprint density at radius 3 is 3.00 bits per heavy atom. The SMILES string of the molecule is NCCNc1cnn(CCOCCO)c(=O)c1. The molecule has 0 fully saturated rings. The largest absolute Gasteiger partial charge is 0.394 e. The molecule has 0 bridgehead atoms. The van der Waals surface area contributed by atoms with Crippen LogP contribution in [0.5, 0.6) is 0 Å². The molecule has 0 saturated heterocycles. The van der Waals surface area contributed by atoms with Gasteiger partial charge >= 0.3 is 0 Å². The van der Waals surface area contributed by atoms with Crippen molar-refractivity contribution in [1.82, 2.24) is 9.78 Å². The Balaban J connectivity index is 2.48. The molecule has 0 radical (unpaired) electrons. The molecule has 0 unspecified atom stereocenters. The lowest BCUT2D eigenvalue weighted by Gasteiger charge is -2.07. The second kappa shape index (κ2) is 7.77. The van der Waals surface area contributed by atoms with Gasteiger partial charge in [-0.2, -0.15) is 5.10 Å². The van der Waals surface area contributed by atoms with E-state index in [4.69, 9.17) is 15.6 Å². The summed E-state index contributed by atoms with van der Waals surface area (Å²) in [6.45, 7) is 2.07. The average molecular weight is 242 g/mol. The summed E-state index contributed by atoms with van der Waals surface area (Å²) >= 11 is 0. The van der Waals surface area contributed by atoms with Crippen LogP contribution < -0.4 is 16.6 Å². The van der Waals surface area contributed by atoms with Crippen LogP contribution in [0, 0.1) is 0 Å². The molecule has 0 aliphatic carbocycles. The van der Waals surface area contributed by atoms with Crippen LogP contribution in [0.15, 0.2) is 17.1 Å². The highest BCUT2D eigenvalue weighted by Crippen LogP contribution is 1.97. The number of nitrogens with two attached hydrogens (primary N) is 1. The van der Waals surface area contributed by atoms with E-state index in [-0.39, 0.29) is 18.8 Å². The third-order valence-corrected chi connectivity index (χ3v) is 2.03. The van der Waals surface area contributed by atoms with E-state index < -0.39 is 0 Å². The molecule has 0 aromatic carbocycles. The minimum Gasteiger partial charge on any atom is -0.394 e. The lowest BCUT2D eigenvalue weighted by atomic mass is 10.4. The van der Waals surface area contributed by atoms with Crippen LogP contribution in [0.3, 0.4) is 0 Å². The van der Waals surface area contributed by atoms with E-state index >= 15 is 0 Å². The fourth-order valence-corrected chi connectivity index (χ4v) is 1.23. The minimum absolute atomic E-state index is 0.0235. The first kappa shape index (κ1) is 13.6. The summed E-state index contributed by atoms with van der Waals surface area (Å²) < 4.78 is 6.37. The van der Waals surface area contributed by atoms with Crippen molar-refractivity contribution >= 4 is 5.69 Å². The van der Waals surface area contributed by atoms with Crippen molar-refractivity contribution in [2.75, 3.05) is 38.2 Å². The highest BCUT2D eigenvalue weighted by Gasteiger charge is 1.99. The number of ether oxygens (including phenoxy) is 1. The number of aliphatic hydroxyl groups is 1. The van der Waals surface area contributed by atoms with Gasteiger partial charge in [-0.05, 0) is 0 Å². The lowest BCUT2D eigenvalue weighted by molar-refractivity contribution is 0.0847. The Labute approximate surface area is 99.2 Å². The monoisotopic (exact) mass is 242 g/mol. The maximum absolute atomic E-state index is 11.6. The zero-order valence-corrected chi connectivity index (χ0v) is 9.63. The number of aliphatic hydroxyl groups excluding tert-OH is 1. The Kier molecular flexibility index (Phi) is 6.23. The topological polar surface area (TPSA) is 102 Å². The Morgan fingerprint density at radius 1 is 1.53 bits per heavy atom. The predicted octanol–water partition coefficient (Wildman–Crippen LogP) is -1.38. The molecule has 1 heterocycles. The van der Waals surface area contributed by atoms with Crippen molar-refractivity contribution in [2.24, 2.45) is 5.73 Å². The molecule has 0 aliphatic rings. The molecule has 96 valence electrons. The normalized spacial score (nSPS) is 10.5. The fraction of sp³-hybridized carbons (Fsp3) is 0.600. The molecule has 1 aromatic rings. The van der Waals surface area contributed by atoms with Crippen LogP contribution in [0.2, 0.25) is 0 Å². The lowest BCUT2D eigenvalue weighted by Crippen LogP contribution is -2.25. The van der Waals surface area contributed by atoms with E-state index in [0.717, 1.165) is 0 Å². The van der Waals surface area contributed by atoms with Crippen LogP contribution in [0.25, 0.3) is 0 Å². The molecule has 1 rings (SSSR count). The third kappa shape index (κ3) is 4.94. The smallest absolute Gasteiger partial charge is 0.268 e. The maximum atomic E-state index is 11.6. The summed E-state index contributed by atoms with van der Waals surface area (Å²) in [4.78, 5) is 11.6. The molecule has 0 amide bonds. The van der Waals surface area contributed by atoms with Crippen molar-refractivity contribution in [2.45, 2.75) is 6.54 Å². The van der Waals surface area contributed by atoms with E-state index in [2.05, 4.69) is 10.4 Å². The van der Waals surface area contributed by atoms with E-state index in [1.807, 2.05) is 0 Å². The van der Waals surface area contributed by atoms with E-state index in [0.29, 0.717) is 31.9 Å². The third-order valence-electron chi connectivity index (χ3n) is 2.03. The predicted molar refractivity (Wildman–Crippen MR) is 63.9 cm³/mol. The van der Waals surface area contributed by atoms with Gasteiger partial charge in [-0.15, -0.1) is 0 Å². The van der Waals surface area contributed by atoms with Gasteiger partial charge in [0.25, 0.3) is 5.56 Å². The summed E-state index contributed by atoms with van der Waals surface area (Å²) in [5.74, 6) is 0. The van der Waals surface area contributed by atoms with Gasteiger partial charge in [-0.3, -0.25) is 4.79 Å². The summed E-state index contributed by atoms with van der Waals surface area (Å²) in [6, 6.07) is 1.47. The Hall–Kier alpha value is -1.44. The van der Waals surface area contributed by atoms with Crippen LogP contribution in [-0.2, 0) is 11.3 Å². The van der Waals surface area contributed by atoms with Crippen LogP contribution >= 0.6 is 0 Å². The van der Waals surface area contributed by atoms with Crippen molar-refractivity contribution in [3.05, 3.63) is 22.6 Å².